The van der Waals surface area contributed by atoms with Gasteiger partial charge in [-0.1, -0.05) is 6.07 Å². The van der Waals surface area contributed by atoms with Gasteiger partial charge in [0.25, 0.3) is 5.91 Å². The number of aryl methyl sites for hydroxylation is 1. The summed E-state index contributed by atoms with van der Waals surface area (Å²) in [7, 11) is 1.90. The van der Waals surface area contributed by atoms with Gasteiger partial charge < -0.3 is 25.1 Å². The van der Waals surface area contributed by atoms with Crippen LogP contribution in [0.25, 0.3) is 0 Å². The molecule has 0 atom stereocenters. The SMILES string of the molecule is Cn1ccnc1COc1ccc(C(=O)Nc2ccc(Oc3cccc(C(N)=O)c3)nc2)cc1. The molecule has 9 nitrogen and oxygen atoms in total. The molecule has 2 aromatic heterocycles. The molecule has 2 aromatic carbocycles. The molecule has 0 aliphatic heterocycles. The maximum atomic E-state index is 12.5. The van der Waals surface area contributed by atoms with E-state index in [0.29, 0.717) is 40.8 Å². The lowest BCUT2D eigenvalue weighted by Crippen LogP contribution is -2.12. The van der Waals surface area contributed by atoms with Crippen molar-refractivity contribution in [3.8, 4) is 17.4 Å². The maximum absolute atomic E-state index is 12.5. The number of carbonyl (C=O) groups excluding carboxylic acids is 2. The molecule has 3 N–H and O–H groups in total. The Morgan fingerprint density at radius 1 is 1.00 bits per heavy atom. The molecule has 2 heterocycles. The summed E-state index contributed by atoms with van der Waals surface area (Å²) < 4.78 is 13.2. The van der Waals surface area contributed by atoms with Crippen LogP contribution >= 0.6 is 0 Å². The Hall–Kier alpha value is -4.66. The van der Waals surface area contributed by atoms with E-state index in [2.05, 4.69) is 15.3 Å². The van der Waals surface area contributed by atoms with Gasteiger partial charge in [-0.2, -0.15) is 0 Å². The summed E-state index contributed by atoms with van der Waals surface area (Å²) in [5.74, 6) is 1.36. The van der Waals surface area contributed by atoms with E-state index in [1.165, 1.54) is 12.3 Å². The number of imidazole rings is 1. The van der Waals surface area contributed by atoms with E-state index >= 15 is 0 Å². The minimum Gasteiger partial charge on any atom is -0.486 e. The Kier molecular flexibility index (Phi) is 6.31. The fraction of sp³-hybridized carbons (Fsp3) is 0.0833. The minimum atomic E-state index is -0.542. The predicted octanol–water partition coefficient (Wildman–Crippen LogP) is 3.54. The number of amides is 2. The molecule has 0 unspecified atom stereocenters. The third kappa shape index (κ3) is 5.53. The van der Waals surface area contributed by atoms with Crippen molar-refractivity contribution in [3.05, 3.63) is 96.2 Å². The quantitative estimate of drug-likeness (QED) is 0.430. The molecule has 0 saturated heterocycles. The lowest BCUT2D eigenvalue weighted by molar-refractivity contribution is 0.0997. The average molecular weight is 443 g/mol. The fourth-order valence-electron chi connectivity index (χ4n) is 2.94. The predicted molar refractivity (Wildman–Crippen MR) is 121 cm³/mol. The zero-order valence-electron chi connectivity index (χ0n) is 17.8. The van der Waals surface area contributed by atoms with Crippen LogP contribution in [0.1, 0.15) is 26.5 Å². The van der Waals surface area contributed by atoms with Gasteiger partial charge in [0.2, 0.25) is 11.8 Å². The Bertz CT molecular complexity index is 1270. The first-order chi connectivity index (χ1) is 16.0. The zero-order chi connectivity index (χ0) is 23.2. The molecule has 0 saturated carbocycles. The number of hydrogen-bond donors (Lipinski definition) is 2. The summed E-state index contributed by atoms with van der Waals surface area (Å²) in [5.41, 5.74) is 6.60. The van der Waals surface area contributed by atoms with Gasteiger partial charge in [-0.25, -0.2) is 9.97 Å². The number of nitrogens with two attached hydrogens (primary N) is 1. The smallest absolute Gasteiger partial charge is 0.255 e. The zero-order valence-corrected chi connectivity index (χ0v) is 17.8. The van der Waals surface area contributed by atoms with E-state index in [-0.39, 0.29) is 5.91 Å². The number of primary amides is 1. The second-order valence-electron chi connectivity index (χ2n) is 7.10. The number of anilines is 1. The molecule has 0 aliphatic carbocycles. The number of benzene rings is 2. The van der Waals surface area contributed by atoms with Gasteiger partial charge in [0.15, 0.2) is 0 Å². The van der Waals surface area contributed by atoms with Crippen LogP contribution in [0.2, 0.25) is 0 Å². The summed E-state index contributed by atoms with van der Waals surface area (Å²) in [6.07, 6.45) is 5.04. The van der Waals surface area contributed by atoms with Gasteiger partial charge in [0.1, 0.15) is 23.9 Å². The van der Waals surface area contributed by atoms with Crippen molar-refractivity contribution in [2.24, 2.45) is 12.8 Å². The largest absolute Gasteiger partial charge is 0.486 e. The number of carbonyl (C=O) groups is 2. The maximum Gasteiger partial charge on any atom is 0.255 e. The highest BCUT2D eigenvalue weighted by Gasteiger charge is 2.09. The summed E-state index contributed by atoms with van der Waals surface area (Å²) in [5, 5.41) is 2.78. The lowest BCUT2D eigenvalue weighted by Gasteiger charge is -2.09. The van der Waals surface area contributed by atoms with Crippen molar-refractivity contribution < 1.29 is 19.1 Å². The van der Waals surface area contributed by atoms with Crippen molar-refractivity contribution in [2.45, 2.75) is 6.61 Å². The molecule has 0 aliphatic rings. The number of pyridine rings is 1. The third-order valence-corrected chi connectivity index (χ3v) is 4.74. The normalized spacial score (nSPS) is 10.5. The van der Waals surface area contributed by atoms with Crippen LogP contribution in [0.5, 0.6) is 17.4 Å². The standard InChI is InChI=1S/C24H21N5O4/c1-29-12-11-26-21(29)15-32-19-8-5-16(6-9-19)24(31)28-18-7-10-22(27-14-18)33-20-4-2-3-17(13-20)23(25)30/h2-14H,15H2,1H3,(H2,25,30)(H,28,31). The van der Waals surface area contributed by atoms with Crippen LogP contribution in [0.3, 0.4) is 0 Å². The number of nitrogens with one attached hydrogen (secondary N) is 1. The molecule has 0 fully saturated rings. The summed E-state index contributed by atoms with van der Waals surface area (Å²) in [6.45, 7) is 0.335. The first-order valence-corrected chi connectivity index (χ1v) is 10.0. The van der Waals surface area contributed by atoms with Gasteiger partial charge in [0.05, 0.1) is 11.9 Å². The highest BCUT2D eigenvalue weighted by molar-refractivity contribution is 6.04. The Morgan fingerprint density at radius 3 is 2.48 bits per heavy atom. The van der Waals surface area contributed by atoms with Crippen LogP contribution in [0.4, 0.5) is 5.69 Å². The van der Waals surface area contributed by atoms with E-state index in [9.17, 15) is 9.59 Å². The topological polar surface area (TPSA) is 121 Å². The van der Waals surface area contributed by atoms with Crippen molar-refractivity contribution in [1.29, 1.82) is 0 Å². The Labute approximate surface area is 189 Å². The highest BCUT2D eigenvalue weighted by atomic mass is 16.5. The van der Waals surface area contributed by atoms with Crippen LogP contribution in [0.15, 0.2) is 79.3 Å². The number of nitrogens with zero attached hydrogens (tertiary/aromatic N) is 3. The van der Waals surface area contributed by atoms with E-state index in [4.69, 9.17) is 15.2 Å². The molecule has 0 spiro atoms. The van der Waals surface area contributed by atoms with Crippen LogP contribution in [-0.4, -0.2) is 26.3 Å². The highest BCUT2D eigenvalue weighted by Crippen LogP contribution is 2.22. The molecule has 166 valence electrons. The average Bonchev–Trinajstić information content (AvgIpc) is 3.24. The van der Waals surface area contributed by atoms with Crippen LogP contribution < -0.4 is 20.5 Å². The minimum absolute atomic E-state index is 0.282. The van der Waals surface area contributed by atoms with Gasteiger partial charge in [-0.05, 0) is 48.5 Å². The van der Waals surface area contributed by atoms with Gasteiger partial charge >= 0.3 is 0 Å². The summed E-state index contributed by atoms with van der Waals surface area (Å²) >= 11 is 0. The molecule has 2 amide bonds. The van der Waals surface area contributed by atoms with Crippen LogP contribution in [-0.2, 0) is 13.7 Å². The van der Waals surface area contributed by atoms with Crippen LogP contribution in [0, 0.1) is 0 Å². The van der Waals surface area contributed by atoms with E-state index < -0.39 is 5.91 Å². The second-order valence-corrected chi connectivity index (χ2v) is 7.10. The van der Waals surface area contributed by atoms with E-state index in [1.807, 2.05) is 17.8 Å². The second kappa shape index (κ2) is 9.65. The van der Waals surface area contributed by atoms with Crippen molar-refractivity contribution in [2.75, 3.05) is 5.32 Å². The number of hydrogen-bond acceptors (Lipinski definition) is 6. The van der Waals surface area contributed by atoms with Gasteiger partial charge in [0, 0.05) is 36.6 Å². The first kappa shape index (κ1) is 21.6. The molecular weight excluding hydrogens is 422 g/mol. The number of aromatic nitrogens is 3. The molecule has 33 heavy (non-hydrogen) atoms. The molecule has 0 radical (unpaired) electrons. The summed E-state index contributed by atoms with van der Waals surface area (Å²) in [6, 6.07) is 16.6. The first-order valence-electron chi connectivity index (χ1n) is 10.0. The Balaban J connectivity index is 1.33. The third-order valence-electron chi connectivity index (χ3n) is 4.74. The number of ether oxygens (including phenoxy) is 2. The molecule has 0 bridgehead atoms. The van der Waals surface area contributed by atoms with E-state index in [0.717, 1.165) is 5.82 Å². The molecule has 4 aromatic rings. The fourth-order valence-corrected chi connectivity index (χ4v) is 2.94. The lowest BCUT2D eigenvalue weighted by atomic mass is 10.2. The number of rotatable bonds is 8. The summed E-state index contributed by atoms with van der Waals surface area (Å²) in [4.78, 5) is 32.2. The van der Waals surface area contributed by atoms with Gasteiger partial charge in [-0.3, -0.25) is 9.59 Å². The molecular formula is C24H21N5O4. The molecule has 9 heteroatoms. The van der Waals surface area contributed by atoms with Gasteiger partial charge in [-0.15, -0.1) is 0 Å². The van der Waals surface area contributed by atoms with E-state index in [1.54, 1.807) is 60.8 Å². The van der Waals surface area contributed by atoms with Crippen molar-refractivity contribution in [1.82, 2.24) is 14.5 Å². The van der Waals surface area contributed by atoms with Crippen molar-refractivity contribution in [3.63, 3.8) is 0 Å². The van der Waals surface area contributed by atoms with Crippen molar-refractivity contribution >= 4 is 17.5 Å². The monoisotopic (exact) mass is 443 g/mol. The molecule has 4 rings (SSSR count). The Morgan fingerprint density at radius 2 is 1.82 bits per heavy atom.